The van der Waals surface area contributed by atoms with Gasteiger partial charge >= 0.3 is 0 Å². The monoisotopic (exact) mass is 336 g/mol. The normalized spacial score (nSPS) is 20.0. The van der Waals surface area contributed by atoms with Gasteiger partial charge < -0.3 is 5.32 Å². The van der Waals surface area contributed by atoms with Gasteiger partial charge in [-0.15, -0.1) is 11.3 Å². The van der Waals surface area contributed by atoms with E-state index >= 15 is 0 Å². The molecule has 114 valence electrons. The molecule has 0 spiro atoms. The fraction of sp³-hybridized carbons (Fsp3) is 0.214. The quantitative estimate of drug-likeness (QED) is 0.844. The number of carbonyl (C=O) groups excluding carboxylic acids is 2. The van der Waals surface area contributed by atoms with Crippen molar-refractivity contribution in [1.82, 2.24) is 4.98 Å². The van der Waals surface area contributed by atoms with E-state index in [9.17, 15) is 18.0 Å². The number of carbonyl (C=O) groups is 2. The van der Waals surface area contributed by atoms with Gasteiger partial charge in [0.2, 0.25) is 5.91 Å². The molecular weight excluding hydrogens is 324 g/mol. The van der Waals surface area contributed by atoms with Crippen LogP contribution in [0.1, 0.15) is 16.8 Å². The number of fused-ring (bicyclic) bond motifs is 1. The number of thiazole rings is 1. The number of hydrogen-bond acceptors (Lipinski definition) is 6. The van der Waals surface area contributed by atoms with Crippen molar-refractivity contribution >= 4 is 38.0 Å². The van der Waals surface area contributed by atoms with Crippen LogP contribution in [0.15, 0.2) is 40.7 Å². The molecule has 22 heavy (non-hydrogen) atoms. The molecule has 0 radical (unpaired) electrons. The molecule has 1 unspecified atom stereocenters. The molecule has 8 heteroatoms. The zero-order valence-corrected chi connectivity index (χ0v) is 13.0. The summed E-state index contributed by atoms with van der Waals surface area (Å²) in [6, 6.07) is 6.01. The van der Waals surface area contributed by atoms with Crippen LogP contribution in [-0.4, -0.2) is 30.8 Å². The Morgan fingerprint density at radius 1 is 1.32 bits per heavy atom. The Hall–Kier alpha value is -2.06. The van der Waals surface area contributed by atoms with E-state index in [4.69, 9.17) is 0 Å². The molecule has 0 bridgehead atoms. The molecule has 1 aliphatic heterocycles. The van der Waals surface area contributed by atoms with Crippen molar-refractivity contribution in [2.75, 3.05) is 11.1 Å². The zero-order chi connectivity index (χ0) is 15.7. The zero-order valence-electron chi connectivity index (χ0n) is 11.4. The number of sulfone groups is 1. The Morgan fingerprint density at radius 3 is 2.82 bits per heavy atom. The maximum absolute atomic E-state index is 12.6. The SMILES string of the molecule is O=C(Nc1nccs1)C1CCS(=O)(=O)c2ccccc2C1=O. The summed E-state index contributed by atoms with van der Waals surface area (Å²) >= 11 is 1.23. The van der Waals surface area contributed by atoms with E-state index in [0.29, 0.717) is 5.13 Å². The van der Waals surface area contributed by atoms with E-state index in [-0.39, 0.29) is 22.6 Å². The highest BCUT2D eigenvalue weighted by molar-refractivity contribution is 7.91. The lowest BCUT2D eigenvalue weighted by molar-refractivity contribution is -0.118. The summed E-state index contributed by atoms with van der Waals surface area (Å²) in [6.07, 6.45) is 1.50. The Morgan fingerprint density at radius 2 is 2.09 bits per heavy atom. The van der Waals surface area contributed by atoms with Crippen molar-refractivity contribution in [3.05, 3.63) is 41.4 Å². The summed E-state index contributed by atoms with van der Waals surface area (Å²) in [6.45, 7) is 0. The molecule has 0 saturated heterocycles. The predicted molar refractivity (Wildman–Crippen MR) is 81.7 cm³/mol. The molecule has 1 atom stereocenters. The molecule has 0 aliphatic carbocycles. The third-order valence-electron chi connectivity index (χ3n) is 3.46. The van der Waals surface area contributed by atoms with Gasteiger partial charge in [0, 0.05) is 17.1 Å². The third-order valence-corrected chi connectivity index (χ3v) is 5.95. The number of benzene rings is 1. The van der Waals surface area contributed by atoms with Crippen LogP contribution in [0.25, 0.3) is 0 Å². The molecular formula is C14H12N2O4S2. The van der Waals surface area contributed by atoms with Crippen LogP contribution in [0.4, 0.5) is 5.13 Å². The Bertz CT molecular complexity index is 828. The number of anilines is 1. The second-order valence-electron chi connectivity index (χ2n) is 4.85. The average molecular weight is 336 g/mol. The highest BCUT2D eigenvalue weighted by Gasteiger charge is 2.36. The second-order valence-corrected chi connectivity index (χ2v) is 7.82. The van der Waals surface area contributed by atoms with Gasteiger partial charge in [0.15, 0.2) is 20.8 Å². The van der Waals surface area contributed by atoms with E-state index in [1.54, 1.807) is 17.5 Å². The molecule has 1 aliphatic rings. The highest BCUT2D eigenvalue weighted by atomic mass is 32.2. The van der Waals surface area contributed by atoms with Crippen LogP contribution in [0.5, 0.6) is 0 Å². The molecule has 0 saturated carbocycles. The lowest BCUT2D eigenvalue weighted by atomic mass is 9.94. The number of aromatic nitrogens is 1. The fourth-order valence-corrected chi connectivity index (χ4v) is 4.46. The first kappa shape index (κ1) is 14.9. The van der Waals surface area contributed by atoms with Crippen LogP contribution < -0.4 is 5.32 Å². The highest BCUT2D eigenvalue weighted by Crippen LogP contribution is 2.28. The number of amides is 1. The topological polar surface area (TPSA) is 93.2 Å². The van der Waals surface area contributed by atoms with Crippen LogP contribution >= 0.6 is 11.3 Å². The van der Waals surface area contributed by atoms with E-state index in [1.807, 2.05) is 0 Å². The van der Waals surface area contributed by atoms with Crippen LogP contribution in [0.3, 0.4) is 0 Å². The lowest BCUT2D eigenvalue weighted by Gasteiger charge is -2.11. The summed E-state index contributed by atoms with van der Waals surface area (Å²) in [5, 5.41) is 4.65. The Balaban J connectivity index is 1.95. The number of hydrogen-bond donors (Lipinski definition) is 1. The lowest BCUT2D eigenvalue weighted by Crippen LogP contribution is -2.29. The van der Waals surface area contributed by atoms with Gasteiger partial charge in [-0.2, -0.15) is 0 Å². The first-order chi connectivity index (χ1) is 10.5. The van der Waals surface area contributed by atoms with Gasteiger partial charge in [0.1, 0.15) is 5.92 Å². The maximum atomic E-state index is 12.6. The van der Waals surface area contributed by atoms with Crippen molar-refractivity contribution in [3.8, 4) is 0 Å². The van der Waals surface area contributed by atoms with E-state index in [2.05, 4.69) is 10.3 Å². The molecule has 1 N–H and O–H groups in total. The number of nitrogens with zero attached hydrogens (tertiary/aromatic N) is 1. The summed E-state index contributed by atoms with van der Waals surface area (Å²) in [5.41, 5.74) is 0.0827. The van der Waals surface area contributed by atoms with Gasteiger partial charge in [-0.05, 0) is 12.5 Å². The molecule has 0 fully saturated rings. The van der Waals surface area contributed by atoms with Crippen molar-refractivity contribution in [1.29, 1.82) is 0 Å². The predicted octanol–water partition coefficient (Wildman–Crippen LogP) is 1.76. The van der Waals surface area contributed by atoms with E-state index in [1.165, 1.54) is 29.7 Å². The van der Waals surface area contributed by atoms with Crippen molar-refractivity contribution < 1.29 is 18.0 Å². The Kier molecular flexibility index (Phi) is 3.79. The third kappa shape index (κ3) is 2.67. The Labute approximate surface area is 131 Å². The fourth-order valence-electron chi connectivity index (χ4n) is 2.37. The standard InChI is InChI=1S/C14H12N2O4S2/c17-12-9-3-1-2-4-11(9)22(19,20)8-5-10(12)13(18)16-14-15-6-7-21-14/h1-4,6-7,10H,5,8H2,(H,15,16,18). The van der Waals surface area contributed by atoms with E-state index in [0.717, 1.165) is 0 Å². The van der Waals surface area contributed by atoms with Crippen LogP contribution in [0, 0.1) is 5.92 Å². The van der Waals surface area contributed by atoms with Crippen LogP contribution in [-0.2, 0) is 14.6 Å². The molecule has 2 aromatic rings. The smallest absolute Gasteiger partial charge is 0.237 e. The molecule has 1 aromatic carbocycles. The van der Waals surface area contributed by atoms with Crippen molar-refractivity contribution in [2.24, 2.45) is 5.92 Å². The summed E-state index contributed by atoms with van der Waals surface area (Å²) in [7, 11) is -3.55. The minimum atomic E-state index is -3.55. The summed E-state index contributed by atoms with van der Waals surface area (Å²) < 4.78 is 24.5. The second kappa shape index (κ2) is 5.62. The largest absolute Gasteiger partial charge is 0.301 e. The minimum Gasteiger partial charge on any atom is -0.301 e. The van der Waals surface area contributed by atoms with Gasteiger partial charge in [-0.1, -0.05) is 18.2 Å². The number of ketones is 1. The minimum absolute atomic E-state index is 0.00421. The van der Waals surface area contributed by atoms with Gasteiger partial charge in [0.25, 0.3) is 0 Å². The molecule has 6 nitrogen and oxygen atoms in total. The number of Topliss-reactive ketones (excluding diaryl/α,β-unsaturated/α-hetero) is 1. The maximum Gasteiger partial charge on any atom is 0.237 e. The van der Waals surface area contributed by atoms with Gasteiger partial charge in [0.05, 0.1) is 10.6 Å². The number of nitrogens with one attached hydrogen (secondary N) is 1. The average Bonchev–Trinajstić information content (AvgIpc) is 2.96. The van der Waals surface area contributed by atoms with Crippen LogP contribution in [0.2, 0.25) is 0 Å². The van der Waals surface area contributed by atoms with Crippen molar-refractivity contribution in [2.45, 2.75) is 11.3 Å². The molecule has 2 heterocycles. The van der Waals surface area contributed by atoms with E-state index < -0.39 is 27.4 Å². The van der Waals surface area contributed by atoms with Gasteiger partial charge in [-0.25, -0.2) is 13.4 Å². The summed E-state index contributed by atoms with van der Waals surface area (Å²) in [5.74, 6) is -2.24. The first-order valence-electron chi connectivity index (χ1n) is 6.55. The molecule has 1 amide bonds. The molecule has 1 aromatic heterocycles. The van der Waals surface area contributed by atoms with Crippen molar-refractivity contribution in [3.63, 3.8) is 0 Å². The summed E-state index contributed by atoms with van der Waals surface area (Å²) in [4.78, 5) is 28.8. The molecule has 3 rings (SSSR count). The number of rotatable bonds is 2. The van der Waals surface area contributed by atoms with Gasteiger partial charge in [-0.3, -0.25) is 9.59 Å². The first-order valence-corrected chi connectivity index (χ1v) is 9.08.